The van der Waals surface area contributed by atoms with Crippen molar-refractivity contribution in [3.8, 4) is 5.75 Å². The van der Waals surface area contributed by atoms with Gasteiger partial charge in [-0.05, 0) is 35.8 Å². The number of carbonyl (C=O) groups excluding carboxylic acids is 2. The molecule has 7 nitrogen and oxygen atoms in total. The largest absolute Gasteiger partial charge is 0.506 e. The Hall–Kier alpha value is -2.93. The number of nitrogens with one attached hydrogen (secondary N) is 2. The molecule has 0 atom stereocenters. The Balaban J connectivity index is 1.56. The van der Waals surface area contributed by atoms with Crippen LogP contribution in [-0.4, -0.2) is 41.0 Å². The molecule has 1 aromatic heterocycles. The van der Waals surface area contributed by atoms with Gasteiger partial charge in [0.05, 0.1) is 18.3 Å². The van der Waals surface area contributed by atoms with E-state index in [1.165, 1.54) is 12.1 Å². The number of rotatable bonds is 7. The summed E-state index contributed by atoms with van der Waals surface area (Å²) >= 11 is 6.17. The number of phenols is 1. The molecule has 0 spiro atoms. The summed E-state index contributed by atoms with van der Waals surface area (Å²) in [5.74, 6) is 0.529. The fraction of sp³-hybridized carbons (Fsp3) is 0.333. The quantitative estimate of drug-likeness (QED) is 0.473. The van der Waals surface area contributed by atoms with Crippen molar-refractivity contribution >= 4 is 29.1 Å². The molecule has 3 N–H and O–H groups in total. The van der Waals surface area contributed by atoms with Crippen LogP contribution in [0, 0.1) is 0 Å². The number of likely N-dealkylation sites (tertiary alicyclic amines) is 1. The normalized spacial score (nSPS) is 13.9. The number of benzene rings is 1. The van der Waals surface area contributed by atoms with Crippen molar-refractivity contribution in [2.24, 2.45) is 0 Å². The van der Waals surface area contributed by atoms with Gasteiger partial charge in [-0.1, -0.05) is 32.0 Å². The van der Waals surface area contributed by atoms with E-state index in [1.54, 1.807) is 17.0 Å². The molecule has 1 saturated heterocycles. The van der Waals surface area contributed by atoms with E-state index in [0.717, 1.165) is 5.56 Å². The van der Waals surface area contributed by atoms with Crippen LogP contribution in [0.3, 0.4) is 0 Å². The maximum absolute atomic E-state index is 12.3. The fourth-order valence-electron chi connectivity index (χ4n) is 3.08. The number of furan rings is 1. The molecule has 2 amide bonds. The second kappa shape index (κ2) is 8.61. The molecule has 2 aromatic rings. The molecular weight excluding hydrogens is 394 g/mol. The van der Waals surface area contributed by atoms with E-state index in [4.69, 9.17) is 16.0 Å². The molecule has 1 fully saturated rings. The van der Waals surface area contributed by atoms with Gasteiger partial charge in [0.1, 0.15) is 11.5 Å². The fourth-order valence-corrected chi connectivity index (χ4v) is 3.45. The second-order valence-electron chi connectivity index (χ2n) is 7.28. The lowest BCUT2D eigenvalue weighted by Crippen LogP contribution is -2.60. The number of amides is 2. The molecule has 1 aromatic carbocycles. The van der Waals surface area contributed by atoms with E-state index < -0.39 is 0 Å². The van der Waals surface area contributed by atoms with Crippen molar-refractivity contribution in [1.29, 1.82) is 0 Å². The lowest BCUT2D eigenvalue weighted by atomic mass is 10.0. The minimum atomic E-state index is -0.330. The van der Waals surface area contributed by atoms with Gasteiger partial charge < -0.3 is 25.1 Å². The van der Waals surface area contributed by atoms with Crippen LogP contribution < -0.4 is 10.6 Å². The highest BCUT2D eigenvalue weighted by atomic mass is 35.5. The van der Waals surface area contributed by atoms with Gasteiger partial charge in [0, 0.05) is 24.2 Å². The summed E-state index contributed by atoms with van der Waals surface area (Å²) in [6.07, 6.45) is 1.26. The van der Waals surface area contributed by atoms with Crippen LogP contribution in [0.5, 0.6) is 5.75 Å². The average Bonchev–Trinajstić information content (AvgIpc) is 3.11. The molecular formula is C21H24ClN3O4. The summed E-state index contributed by atoms with van der Waals surface area (Å²) in [6, 6.07) is 6.52. The van der Waals surface area contributed by atoms with Gasteiger partial charge in [-0.25, -0.2) is 0 Å². The summed E-state index contributed by atoms with van der Waals surface area (Å²) in [5, 5.41) is 16.6. The minimum absolute atomic E-state index is 0.0486. The molecule has 1 aliphatic rings. The van der Waals surface area contributed by atoms with Gasteiger partial charge in [-0.3, -0.25) is 9.59 Å². The van der Waals surface area contributed by atoms with Gasteiger partial charge in [-0.2, -0.15) is 0 Å². The molecule has 0 unspecified atom stereocenters. The van der Waals surface area contributed by atoms with Gasteiger partial charge >= 0.3 is 0 Å². The first kappa shape index (κ1) is 20.8. The van der Waals surface area contributed by atoms with Crippen LogP contribution in [0.15, 0.2) is 41.3 Å². The van der Waals surface area contributed by atoms with Crippen LogP contribution in [0.25, 0.3) is 0 Å². The van der Waals surface area contributed by atoms with Crippen molar-refractivity contribution < 1.29 is 19.1 Å². The number of phenolic OH excluding ortho intramolecular Hbond substituents is 1. The third-order valence-corrected chi connectivity index (χ3v) is 5.11. The average molecular weight is 418 g/mol. The Morgan fingerprint density at radius 1 is 1.38 bits per heavy atom. The first-order valence-electron chi connectivity index (χ1n) is 9.35. The molecule has 0 aliphatic carbocycles. The van der Waals surface area contributed by atoms with E-state index in [2.05, 4.69) is 17.2 Å². The Morgan fingerprint density at radius 3 is 2.76 bits per heavy atom. The van der Waals surface area contributed by atoms with Crippen molar-refractivity contribution in [3.63, 3.8) is 0 Å². The molecule has 154 valence electrons. The molecule has 0 radical (unpaired) electrons. The predicted octanol–water partition coefficient (Wildman–Crippen LogP) is 3.50. The zero-order valence-electron chi connectivity index (χ0n) is 16.4. The maximum atomic E-state index is 12.3. The topological polar surface area (TPSA) is 94.8 Å². The Bertz CT molecular complexity index is 932. The molecule has 0 saturated carbocycles. The van der Waals surface area contributed by atoms with E-state index in [0.29, 0.717) is 36.1 Å². The Morgan fingerprint density at radius 2 is 2.10 bits per heavy atom. The molecule has 29 heavy (non-hydrogen) atoms. The first-order valence-corrected chi connectivity index (χ1v) is 9.73. The standard InChI is InChI=1S/C21H24ClN3O4/c1-4-20(27)25-10-13(11-25)24-21(28)19-6-5-14(29-19)9-23-17-7-15(12(2)3)16(22)8-18(17)26/h4-8,12-13,23,26H,1,9-11H2,2-3H3,(H,24,28). The van der Waals surface area contributed by atoms with Crippen molar-refractivity contribution in [3.05, 3.63) is 59.0 Å². The lowest BCUT2D eigenvalue weighted by molar-refractivity contribution is -0.130. The number of aromatic hydroxyl groups is 1. The van der Waals surface area contributed by atoms with Crippen LogP contribution in [0.4, 0.5) is 5.69 Å². The second-order valence-corrected chi connectivity index (χ2v) is 7.69. The summed E-state index contributed by atoms with van der Waals surface area (Å²) in [6.45, 7) is 8.70. The van der Waals surface area contributed by atoms with Crippen LogP contribution in [0.2, 0.25) is 5.02 Å². The van der Waals surface area contributed by atoms with Crippen molar-refractivity contribution in [2.75, 3.05) is 18.4 Å². The summed E-state index contributed by atoms with van der Waals surface area (Å²) < 4.78 is 5.59. The predicted molar refractivity (Wildman–Crippen MR) is 111 cm³/mol. The highest BCUT2D eigenvalue weighted by Crippen LogP contribution is 2.34. The highest BCUT2D eigenvalue weighted by molar-refractivity contribution is 6.31. The summed E-state index contributed by atoms with van der Waals surface area (Å²) in [7, 11) is 0. The minimum Gasteiger partial charge on any atom is -0.506 e. The Kier molecular flexibility index (Phi) is 6.17. The van der Waals surface area contributed by atoms with Gasteiger partial charge in [0.25, 0.3) is 5.91 Å². The highest BCUT2D eigenvalue weighted by Gasteiger charge is 2.31. The van der Waals surface area contributed by atoms with E-state index in [9.17, 15) is 14.7 Å². The SMILES string of the molecule is C=CC(=O)N1CC(NC(=O)c2ccc(CNc3cc(C(C)C)c(Cl)cc3O)o2)C1. The van der Waals surface area contributed by atoms with Gasteiger partial charge in [0.2, 0.25) is 5.91 Å². The molecule has 1 aliphatic heterocycles. The van der Waals surface area contributed by atoms with Crippen LogP contribution in [-0.2, 0) is 11.3 Å². The zero-order chi connectivity index (χ0) is 21.1. The Labute approximate surface area is 174 Å². The third-order valence-electron chi connectivity index (χ3n) is 4.78. The van der Waals surface area contributed by atoms with Gasteiger partial charge in [-0.15, -0.1) is 0 Å². The molecule has 3 rings (SSSR count). The van der Waals surface area contributed by atoms with E-state index >= 15 is 0 Å². The van der Waals surface area contributed by atoms with E-state index in [1.807, 2.05) is 19.9 Å². The molecule has 0 bridgehead atoms. The first-order chi connectivity index (χ1) is 13.8. The number of halogens is 1. The van der Waals surface area contributed by atoms with Crippen LogP contribution in [0.1, 0.15) is 41.6 Å². The smallest absolute Gasteiger partial charge is 0.287 e. The number of carbonyl (C=O) groups is 2. The summed E-state index contributed by atoms with van der Waals surface area (Å²) in [5.41, 5.74) is 1.47. The third kappa shape index (κ3) is 4.74. The number of anilines is 1. The van der Waals surface area contributed by atoms with Gasteiger partial charge in [0.15, 0.2) is 5.76 Å². The number of hydrogen-bond acceptors (Lipinski definition) is 5. The zero-order valence-corrected chi connectivity index (χ0v) is 17.1. The van der Waals surface area contributed by atoms with Crippen LogP contribution >= 0.6 is 11.6 Å². The number of nitrogens with zero attached hydrogens (tertiary/aromatic N) is 1. The van der Waals surface area contributed by atoms with E-state index in [-0.39, 0.29) is 35.3 Å². The van der Waals surface area contributed by atoms with Crippen molar-refractivity contribution in [2.45, 2.75) is 32.4 Å². The van der Waals surface area contributed by atoms with Crippen molar-refractivity contribution in [1.82, 2.24) is 10.2 Å². The maximum Gasteiger partial charge on any atom is 0.287 e. The lowest BCUT2D eigenvalue weighted by Gasteiger charge is -2.38. The monoisotopic (exact) mass is 417 g/mol. The molecule has 2 heterocycles. The summed E-state index contributed by atoms with van der Waals surface area (Å²) in [4.78, 5) is 25.3. The molecule has 8 heteroatoms. The number of hydrogen-bond donors (Lipinski definition) is 3.